The summed E-state index contributed by atoms with van der Waals surface area (Å²) in [5.74, 6) is 0.0360. The van der Waals surface area contributed by atoms with Crippen molar-refractivity contribution in [3.05, 3.63) is 59.5 Å². The van der Waals surface area contributed by atoms with Gasteiger partial charge in [-0.05, 0) is 37.3 Å². The summed E-state index contributed by atoms with van der Waals surface area (Å²) in [6.07, 6.45) is 0. The maximum atomic E-state index is 13.9. The number of carbonyl (C=O) groups is 1. The first-order chi connectivity index (χ1) is 12.5. The van der Waals surface area contributed by atoms with Crippen LogP contribution in [-0.4, -0.2) is 30.3 Å². The van der Waals surface area contributed by atoms with Gasteiger partial charge in [0.25, 0.3) is 5.91 Å². The maximum Gasteiger partial charge on any atom is 0.258 e. The lowest BCUT2D eigenvalue weighted by atomic mass is 10.1. The van der Waals surface area contributed by atoms with Gasteiger partial charge >= 0.3 is 0 Å². The highest BCUT2D eigenvalue weighted by Crippen LogP contribution is 2.37. The van der Waals surface area contributed by atoms with Gasteiger partial charge in [-0.15, -0.1) is 0 Å². The molecular weight excluding hydrogens is 337 g/mol. The van der Waals surface area contributed by atoms with Crippen molar-refractivity contribution in [3.8, 4) is 22.8 Å². The molecule has 3 rings (SSSR count). The number of benzene rings is 2. The van der Waals surface area contributed by atoms with E-state index in [1.165, 1.54) is 18.2 Å². The van der Waals surface area contributed by atoms with E-state index in [1.807, 2.05) is 0 Å². The smallest absolute Gasteiger partial charge is 0.258 e. The predicted octanol–water partition coefficient (Wildman–Crippen LogP) is 3.79. The number of hydrogen-bond acceptors (Lipinski definition) is 4. The number of hydrogen-bond donors (Lipinski definition) is 2. The normalized spacial score (nSPS) is 10.5. The zero-order valence-electron chi connectivity index (χ0n) is 14.6. The third-order valence-electron chi connectivity index (χ3n) is 3.97. The van der Waals surface area contributed by atoms with Gasteiger partial charge in [0.1, 0.15) is 23.0 Å². The second-order valence-corrected chi connectivity index (χ2v) is 5.57. The van der Waals surface area contributed by atoms with E-state index in [4.69, 9.17) is 9.47 Å². The molecule has 0 atom stereocenters. The Morgan fingerprint density at radius 3 is 2.62 bits per heavy atom. The first-order valence-corrected chi connectivity index (χ1v) is 7.88. The van der Waals surface area contributed by atoms with E-state index in [0.29, 0.717) is 34.1 Å². The summed E-state index contributed by atoms with van der Waals surface area (Å²) in [7, 11) is 3.10. The number of nitrogens with one attached hydrogen (secondary N) is 2. The maximum absolute atomic E-state index is 13.9. The minimum atomic E-state index is -0.591. The van der Waals surface area contributed by atoms with Crippen molar-refractivity contribution in [3.63, 3.8) is 0 Å². The summed E-state index contributed by atoms with van der Waals surface area (Å²) in [6.45, 7) is 1.76. The lowest BCUT2D eigenvalue weighted by molar-refractivity contribution is 0.102. The van der Waals surface area contributed by atoms with Gasteiger partial charge < -0.3 is 14.8 Å². The van der Waals surface area contributed by atoms with Crippen LogP contribution in [0.25, 0.3) is 11.3 Å². The highest BCUT2D eigenvalue weighted by atomic mass is 19.1. The Morgan fingerprint density at radius 1 is 1.15 bits per heavy atom. The van der Waals surface area contributed by atoms with Crippen LogP contribution in [0.2, 0.25) is 0 Å². The molecule has 0 saturated heterocycles. The Hall–Kier alpha value is -3.35. The number of aryl methyl sites for hydroxylation is 1. The number of methoxy groups -OCH3 is 2. The van der Waals surface area contributed by atoms with Gasteiger partial charge in [0, 0.05) is 5.56 Å². The molecule has 1 amide bonds. The van der Waals surface area contributed by atoms with Crippen LogP contribution < -0.4 is 14.8 Å². The molecule has 0 bridgehead atoms. The number of amides is 1. The molecule has 0 spiro atoms. The number of carbonyl (C=O) groups excluding carboxylic acids is 1. The Kier molecular flexibility index (Phi) is 4.88. The van der Waals surface area contributed by atoms with Crippen LogP contribution in [0.1, 0.15) is 16.1 Å². The lowest BCUT2D eigenvalue weighted by Gasteiger charge is -2.11. The monoisotopic (exact) mass is 355 g/mol. The molecule has 0 unspecified atom stereocenters. The molecule has 2 N–H and O–H groups in total. The first kappa shape index (κ1) is 17.5. The zero-order chi connectivity index (χ0) is 18.7. The third kappa shape index (κ3) is 3.23. The van der Waals surface area contributed by atoms with Crippen molar-refractivity contribution in [2.75, 3.05) is 19.5 Å². The highest BCUT2D eigenvalue weighted by molar-refractivity contribution is 6.06. The third-order valence-corrected chi connectivity index (χ3v) is 3.97. The van der Waals surface area contributed by atoms with E-state index < -0.39 is 11.7 Å². The molecule has 1 heterocycles. The van der Waals surface area contributed by atoms with Crippen LogP contribution in [0.4, 0.5) is 10.1 Å². The SMILES string of the molecule is COc1ccc(OC)c(-c2n[nH]c(C)c2NC(=O)c2ccccc2F)c1. The predicted molar refractivity (Wildman–Crippen MR) is 96.2 cm³/mol. The summed E-state index contributed by atoms with van der Waals surface area (Å²) in [5.41, 5.74) is 2.15. The molecule has 0 fully saturated rings. The van der Waals surface area contributed by atoms with E-state index >= 15 is 0 Å². The molecule has 3 aromatic rings. The molecule has 0 aliphatic rings. The standard InChI is InChI=1S/C19H18FN3O3/c1-11-17(21-19(24)13-6-4-5-7-15(13)20)18(23-22-11)14-10-12(25-2)8-9-16(14)26-3/h4-10H,1-3H3,(H,21,24)(H,22,23). The molecule has 0 aliphatic carbocycles. The van der Waals surface area contributed by atoms with E-state index in [2.05, 4.69) is 15.5 Å². The number of aromatic amines is 1. The molecule has 0 radical (unpaired) electrons. The van der Waals surface area contributed by atoms with Gasteiger partial charge in [-0.2, -0.15) is 5.10 Å². The summed E-state index contributed by atoms with van der Waals surface area (Å²) < 4.78 is 24.5. The molecule has 7 heteroatoms. The number of anilines is 1. The Morgan fingerprint density at radius 2 is 1.92 bits per heavy atom. The van der Waals surface area contributed by atoms with Crippen LogP contribution >= 0.6 is 0 Å². The molecule has 0 saturated carbocycles. The van der Waals surface area contributed by atoms with Crippen LogP contribution in [0.3, 0.4) is 0 Å². The van der Waals surface area contributed by atoms with Gasteiger partial charge in [-0.1, -0.05) is 12.1 Å². The number of H-pyrrole nitrogens is 1. The van der Waals surface area contributed by atoms with Crippen molar-refractivity contribution < 1.29 is 18.7 Å². The van der Waals surface area contributed by atoms with Crippen LogP contribution in [0.15, 0.2) is 42.5 Å². The fraction of sp³-hybridized carbons (Fsp3) is 0.158. The number of ether oxygens (including phenoxy) is 2. The number of aromatic nitrogens is 2. The summed E-state index contributed by atoms with van der Waals surface area (Å²) in [4.78, 5) is 12.5. The molecule has 1 aromatic heterocycles. The summed E-state index contributed by atoms with van der Waals surface area (Å²) in [6, 6.07) is 11.1. The zero-order valence-corrected chi connectivity index (χ0v) is 14.6. The fourth-order valence-corrected chi connectivity index (χ4v) is 2.60. The van der Waals surface area contributed by atoms with Gasteiger partial charge in [-0.3, -0.25) is 9.89 Å². The topological polar surface area (TPSA) is 76.2 Å². The summed E-state index contributed by atoms with van der Waals surface area (Å²) in [5, 5.41) is 9.85. The molecule has 2 aromatic carbocycles. The van der Waals surface area contributed by atoms with Crippen molar-refractivity contribution in [2.24, 2.45) is 0 Å². The second kappa shape index (κ2) is 7.26. The first-order valence-electron chi connectivity index (χ1n) is 7.88. The largest absolute Gasteiger partial charge is 0.497 e. The Labute approximate surface area is 150 Å². The fourth-order valence-electron chi connectivity index (χ4n) is 2.60. The molecule has 0 aliphatic heterocycles. The van der Waals surface area contributed by atoms with E-state index in [-0.39, 0.29) is 5.56 Å². The van der Waals surface area contributed by atoms with Crippen LogP contribution in [0, 0.1) is 12.7 Å². The number of halogens is 1. The molecule has 134 valence electrons. The number of rotatable bonds is 5. The van der Waals surface area contributed by atoms with Gasteiger partial charge in [-0.25, -0.2) is 4.39 Å². The minimum absolute atomic E-state index is 0.0448. The molecule has 6 nitrogen and oxygen atoms in total. The van der Waals surface area contributed by atoms with Gasteiger partial charge in [0.15, 0.2) is 0 Å². The second-order valence-electron chi connectivity index (χ2n) is 5.57. The van der Waals surface area contributed by atoms with E-state index in [0.717, 1.165) is 0 Å². The molecule has 26 heavy (non-hydrogen) atoms. The van der Waals surface area contributed by atoms with E-state index in [1.54, 1.807) is 45.4 Å². The Balaban J connectivity index is 2.03. The average molecular weight is 355 g/mol. The van der Waals surface area contributed by atoms with Crippen LogP contribution in [-0.2, 0) is 0 Å². The summed E-state index contributed by atoms with van der Waals surface area (Å²) >= 11 is 0. The quantitative estimate of drug-likeness (QED) is 0.730. The Bertz CT molecular complexity index is 953. The van der Waals surface area contributed by atoms with Crippen molar-refractivity contribution >= 4 is 11.6 Å². The molecular formula is C19H18FN3O3. The minimum Gasteiger partial charge on any atom is -0.497 e. The number of nitrogens with zero attached hydrogens (tertiary/aromatic N) is 1. The van der Waals surface area contributed by atoms with E-state index in [9.17, 15) is 9.18 Å². The average Bonchev–Trinajstić information content (AvgIpc) is 3.01. The lowest BCUT2D eigenvalue weighted by Crippen LogP contribution is -2.14. The van der Waals surface area contributed by atoms with Crippen LogP contribution in [0.5, 0.6) is 11.5 Å². The van der Waals surface area contributed by atoms with Gasteiger partial charge in [0.05, 0.1) is 31.2 Å². The van der Waals surface area contributed by atoms with Crippen molar-refractivity contribution in [2.45, 2.75) is 6.92 Å². The van der Waals surface area contributed by atoms with Crippen molar-refractivity contribution in [1.82, 2.24) is 10.2 Å². The van der Waals surface area contributed by atoms with Gasteiger partial charge in [0.2, 0.25) is 0 Å². The van der Waals surface area contributed by atoms with Crippen molar-refractivity contribution in [1.29, 1.82) is 0 Å². The highest BCUT2D eigenvalue weighted by Gasteiger charge is 2.20.